The van der Waals surface area contributed by atoms with E-state index in [0.29, 0.717) is 6.04 Å². The molecule has 3 aromatic rings. The molecule has 118 valence electrons. The Kier molecular flexibility index (Phi) is 3.62. The maximum Gasteiger partial charge on any atom is 0.0702 e. The highest BCUT2D eigenvalue weighted by atomic mass is 16.5. The number of rotatable bonds is 2. The lowest BCUT2D eigenvalue weighted by Gasteiger charge is -2.23. The van der Waals surface area contributed by atoms with Gasteiger partial charge in [0.25, 0.3) is 0 Å². The Bertz CT molecular complexity index is 847. The normalized spacial score (nSPS) is 16.1. The largest absolute Gasteiger partial charge is 0.381 e. The summed E-state index contributed by atoms with van der Waals surface area (Å²) in [7, 11) is 0. The summed E-state index contributed by atoms with van der Waals surface area (Å²) >= 11 is 0. The van der Waals surface area contributed by atoms with Crippen LogP contribution in [0.4, 0.5) is 0 Å². The number of fused-ring (bicyclic) bond motifs is 1. The predicted molar refractivity (Wildman–Crippen MR) is 91.5 cm³/mol. The van der Waals surface area contributed by atoms with Crippen LogP contribution in [0.2, 0.25) is 0 Å². The Morgan fingerprint density at radius 3 is 2.78 bits per heavy atom. The van der Waals surface area contributed by atoms with Crippen molar-refractivity contribution in [1.29, 1.82) is 0 Å². The SMILES string of the molecule is Cc1nn(C2CCOCC2)c(C)c1-c1ccc2ncccc2c1. The van der Waals surface area contributed by atoms with Gasteiger partial charge in [0, 0.05) is 36.1 Å². The lowest BCUT2D eigenvalue weighted by Crippen LogP contribution is -2.21. The summed E-state index contributed by atoms with van der Waals surface area (Å²) in [4.78, 5) is 4.40. The van der Waals surface area contributed by atoms with Gasteiger partial charge in [0.1, 0.15) is 0 Å². The van der Waals surface area contributed by atoms with Crippen molar-refractivity contribution in [3.63, 3.8) is 0 Å². The summed E-state index contributed by atoms with van der Waals surface area (Å²) < 4.78 is 7.69. The van der Waals surface area contributed by atoms with Crippen LogP contribution in [0.25, 0.3) is 22.0 Å². The van der Waals surface area contributed by atoms with Crippen molar-refractivity contribution in [2.75, 3.05) is 13.2 Å². The standard InChI is InChI=1S/C19H21N3O/c1-13-19(14(2)22(21-13)17-7-10-23-11-8-17)16-5-6-18-15(12-16)4-3-9-20-18/h3-6,9,12,17H,7-8,10-11H2,1-2H3. The Balaban J connectivity index is 1.79. The maximum absolute atomic E-state index is 5.48. The summed E-state index contributed by atoms with van der Waals surface area (Å²) in [6, 6.07) is 11.0. The molecule has 1 saturated heterocycles. The third-order valence-electron chi connectivity index (χ3n) is 4.75. The van der Waals surface area contributed by atoms with Gasteiger partial charge in [0.2, 0.25) is 0 Å². The molecule has 1 aliphatic rings. The van der Waals surface area contributed by atoms with E-state index in [0.717, 1.165) is 37.3 Å². The number of hydrogen-bond acceptors (Lipinski definition) is 3. The van der Waals surface area contributed by atoms with Crippen molar-refractivity contribution >= 4 is 10.9 Å². The molecule has 0 aliphatic carbocycles. The van der Waals surface area contributed by atoms with Crippen LogP contribution in [-0.2, 0) is 4.74 Å². The molecule has 0 unspecified atom stereocenters. The molecule has 4 heteroatoms. The topological polar surface area (TPSA) is 39.9 Å². The van der Waals surface area contributed by atoms with Crippen molar-refractivity contribution in [2.45, 2.75) is 32.7 Å². The monoisotopic (exact) mass is 307 g/mol. The number of hydrogen-bond donors (Lipinski definition) is 0. The fraction of sp³-hybridized carbons (Fsp3) is 0.368. The maximum atomic E-state index is 5.48. The van der Waals surface area contributed by atoms with E-state index in [9.17, 15) is 0 Å². The fourth-order valence-electron chi connectivity index (χ4n) is 3.60. The molecule has 4 rings (SSSR count). The van der Waals surface area contributed by atoms with Gasteiger partial charge in [-0.3, -0.25) is 9.67 Å². The third kappa shape index (κ3) is 2.53. The lowest BCUT2D eigenvalue weighted by atomic mass is 10.0. The Labute approximate surface area is 136 Å². The first-order chi connectivity index (χ1) is 11.2. The van der Waals surface area contributed by atoms with Gasteiger partial charge in [-0.1, -0.05) is 12.1 Å². The molecule has 0 bridgehead atoms. The summed E-state index contributed by atoms with van der Waals surface area (Å²) in [6.07, 6.45) is 3.92. The van der Waals surface area contributed by atoms with Crippen LogP contribution in [0.3, 0.4) is 0 Å². The van der Waals surface area contributed by atoms with Crippen LogP contribution in [0.5, 0.6) is 0 Å². The molecular weight excluding hydrogens is 286 g/mol. The summed E-state index contributed by atoms with van der Waals surface area (Å²) in [6.45, 7) is 5.95. The van der Waals surface area contributed by atoms with Gasteiger partial charge in [-0.15, -0.1) is 0 Å². The number of benzene rings is 1. The Morgan fingerprint density at radius 2 is 1.96 bits per heavy atom. The molecule has 23 heavy (non-hydrogen) atoms. The third-order valence-corrected chi connectivity index (χ3v) is 4.75. The highest BCUT2D eigenvalue weighted by Crippen LogP contribution is 2.32. The van der Waals surface area contributed by atoms with Crippen LogP contribution >= 0.6 is 0 Å². The fourth-order valence-corrected chi connectivity index (χ4v) is 3.60. The van der Waals surface area contributed by atoms with Gasteiger partial charge < -0.3 is 4.74 Å². The molecule has 0 radical (unpaired) electrons. The van der Waals surface area contributed by atoms with E-state index < -0.39 is 0 Å². The van der Waals surface area contributed by atoms with Gasteiger partial charge in [-0.2, -0.15) is 5.10 Å². The molecule has 4 nitrogen and oxygen atoms in total. The van der Waals surface area contributed by atoms with E-state index in [1.807, 2.05) is 12.3 Å². The summed E-state index contributed by atoms with van der Waals surface area (Å²) in [5, 5.41) is 6.00. The molecule has 0 atom stereocenters. The van der Waals surface area contributed by atoms with Gasteiger partial charge in [0.05, 0.1) is 17.3 Å². The summed E-state index contributed by atoms with van der Waals surface area (Å²) in [5.74, 6) is 0. The minimum atomic E-state index is 0.457. The van der Waals surface area contributed by atoms with E-state index in [1.165, 1.54) is 22.2 Å². The molecule has 1 aliphatic heterocycles. The van der Waals surface area contributed by atoms with Crippen molar-refractivity contribution in [1.82, 2.24) is 14.8 Å². The molecule has 1 fully saturated rings. The Hall–Kier alpha value is -2.20. The van der Waals surface area contributed by atoms with Crippen molar-refractivity contribution in [2.24, 2.45) is 0 Å². The molecule has 1 aromatic carbocycles. The van der Waals surface area contributed by atoms with E-state index in [2.05, 4.69) is 47.8 Å². The first-order valence-corrected chi connectivity index (χ1v) is 8.22. The minimum absolute atomic E-state index is 0.457. The van der Waals surface area contributed by atoms with Crippen molar-refractivity contribution < 1.29 is 4.74 Å². The number of ether oxygens (including phenoxy) is 1. The van der Waals surface area contributed by atoms with E-state index >= 15 is 0 Å². The average Bonchev–Trinajstić information content (AvgIpc) is 2.90. The van der Waals surface area contributed by atoms with E-state index in [4.69, 9.17) is 9.84 Å². The van der Waals surface area contributed by atoms with Gasteiger partial charge in [-0.25, -0.2) is 0 Å². The van der Waals surface area contributed by atoms with Crippen LogP contribution in [-0.4, -0.2) is 28.0 Å². The number of pyridine rings is 1. The van der Waals surface area contributed by atoms with Gasteiger partial charge >= 0.3 is 0 Å². The van der Waals surface area contributed by atoms with Crippen LogP contribution in [0.1, 0.15) is 30.3 Å². The molecule has 0 spiro atoms. The van der Waals surface area contributed by atoms with Crippen LogP contribution in [0.15, 0.2) is 36.5 Å². The lowest BCUT2D eigenvalue weighted by molar-refractivity contribution is 0.0656. The number of aromatic nitrogens is 3. The second-order valence-corrected chi connectivity index (χ2v) is 6.24. The minimum Gasteiger partial charge on any atom is -0.381 e. The Morgan fingerprint density at radius 1 is 1.13 bits per heavy atom. The second-order valence-electron chi connectivity index (χ2n) is 6.24. The van der Waals surface area contributed by atoms with Gasteiger partial charge in [-0.05, 0) is 50.5 Å². The molecular formula is C19H21N3O. The van der Waals surface area contributed by atoms with Crippen LogP contribution in [0, 0.1) is 13.8 Å². The number of aryl methyl sites for hydroxylation is 1. The first-order valence-electron chi connectivity index (χ1n) is 8.22. The molecule has 0 N–H and O–H groups in total. The molecule has 0 amide bonds. The van der Waals surface area contributed by atoms with Gasteiger partial charge in [0.15, 0.2) is 0 Å². The average molecular weight is 307 g/mol. The summed E-state index contributed by atoms with van der Waals surface area (Å²) in [5.41, 5.74) is 5.85. The molecule has 0 saturated carbocycles. The van der Waals surface area contributed by atoms with Crippen molar-refractivity contribution in [3.05, 3.63) is 47.9 Å². The predicted octanol–water partition coefficient (Wildman–Crippen LogP) is 4.07. The smallest absolute Gasteiger partial charge is 0.0702 e. The van der Waals surface area contributed by atoms with E-state index in [-0.39, 0.29) is 0 Å². The zero-order valence-electron chi connectivity index (χ0n) is 13.6. The van der Waals surface area contributed by atoms with Crippen molar-refractivity contribution in [3.8, 4) is 11.1 Å². The van der Waals surface area contributed by atoms with E-state index in [1.54, 1.807) is 0 Å². The highest BCUT2D eigenvalue weighted by Gasteiger charge is 2.22. The van der Waals surface area contributed by atoms with Crippen LogP contribution < -0.4 is 0 Å². The molecule has 3 heterocycles. The number of nitrogens with zero attached hydrogens (tertiary/aromatic N) is 3. The molecule has 2 aromatic heterocycles. The second kappa shape index (κ2) is 5.78. The quantitative estimate of drug-likeness (QED) is 0.716. The highest BCUT2D eigenvalue weighted by molar-refractivity contribution is 5.85. The zero-order chi connectivity index (χ0) is 15.8. The zero-order valence-corrected chi connectivity index (χ0v) is 13.6. The first kappa shape index (κ1) is 14.4.